The van der Waals surface area contributed by atoms with Gasteiger partial charge in [0.1, 0.15) is 0 Å². The quantitative estimate of drug-likeness (QED) is 0.228. The van der Waals surface area contributed by atoms with E-state index in [-0.39, 0.29) is 0 Å². The van der Waals surface area contributed by atoms with E-state index in [0.717, 1.165) is 22.3 Å². The second kappa shape index (κ2) is 16.5. The SMILES string of the molecule is [Cl][Co][Cl].[NH-]C(c1ccccc1)C([NH-])c1ccccc1.[NH-]C(c1ccccc1)C([NH-])c1ccccc1. The predicted octanol–water partition coefficient (Wildman–Crippen LogP) is 10.5. The second-order valence-corrected chi connectivity index (χ2v) is 9.32. The molecule has 0 aliphatic heterocycles. The number of hydrogen-bond donors (Lipinski definition) is 0. The van der Waals surface area contributed by atoms with E-state index in [1.54, 1.807) is 0 Å². The summed E-state index contributed by atoms with van der Waals surface area (Å²) >= 11 is 0.382. The Labute approximate surface area is 223 Å². The molecule has 0 spiro atoms. The fourth-order valence-corrected chi connectivity index (χ4v) is 3.41. The second-order valence-electron chi connectivity index (χ2n) is 7.60. The molecule has 4 atom stereocenters. The zero-order chi connectivity index (χ0) is 25.5. The predicted molar refractivity (Wildman–Crippen MR) is 146 cm³/mol. The molecule has 7 heteroatoms. The van der Waals surface area contributed by atoms with Crippen molar-refractivity contribution in [2.45, 2.75) is 24.2 Å². The number of rotatable bonds is 6. The van der Waals surface area contributed by atoms with Crippen LogP contribution >= 0.6 is 20.3 Å². The molecule has 0 fully saturated rings. The number of nitrogens with one attached hydrogen (secondary N) is 4. The first kappa shape index (κ1) is 29.0. The Kier molecular flexibility index (Phi) is 13.7. The maximum atomic E-state index is 8.07. The molecule has 35 heavy (non-hydrogen) atoms. The van der Waals surface area contributed by atoms with Gasteiger partial charge in [-0.3, -0.25) is 0 Å². The Morgan fingerprint density at radius 3 is 0.657 bits per heavy atom. The Hall–Kier alpha value is -2.19. The molecule has 187 valence electrons. The van der Waals surface area contributed by atoms with Crippen molar-refractivity contribution in [3.63, 3.8) is 0 Å². The zero-order valence-electron chi connectivity index (χ0n) is 18.9. The molecule has 4 unspecified atom stereocenters. The molecule has 0 radical (unpaired) electrons. The van der Waals surface area contributed by atoms with E-state index in [2.05, 4.69) is 0 Å². The van der Waals surface area contributed by atoms with Crippen molar-refractivity contribution in [3.05, 3.63) is 167 Å². The molecule has 4 nitrogen and oxygen atoms in total. The molecule has 4 aromatic rings. The van der Waals surface area contributed by atoms with Crippen LogP contribution in [0.2, 0.25) is 0 Å². The normalized spacial score (nSPS) is 13.8. The Bertz CT molecular complexity index is 883. The van der Waals surface area contributed by atoms with Crippen LogP contribution in [-0.4, -0.2) is 0 Å². The minimum Gasteiger partial charge on any atom is -0.672 e. The Morgan fingerprint density at radius 1 is 0.371 bits per heavy atom. The van der Waals surface area contributed by atoms with Crippen LogP contribution in [-0.2, 0) is 12.9 Å². The molecule has 4 rings (SSSR count). The summed E-state index contributed by atoms with van der Waals surface area (Å²) in [7, 11) is 9.47. The molecule has 0 amide bonds. The van der Waals surface area contributed by atoms with Crippen LogP contribution < -0.4 is 0 Å². The van der Waals surface area contributed by atoms with Gasteiger partial charge in [-0.1, -0.05) is 144 Å². The number of halogens is 2. The van der Waals surface area contributed by atoms with E-state index in [0.29, 0.717) is 12.9 Å². The standard InChI is InChI=1S/2C14H14N2.2ClH.Co/c2*15-13(11-7-3-1-4-8-11)14(16)12-9-5-2-6-10-12;;;/h2*1-10,13-16H;2*1H;/q2*-2;;;+2/p-2. The Balaban J connectivity index is 0.000000222. The van der Waals surface area contributed by atoms with E-state index >= 15 is 0 Å². The maximum Gasteiger partial charge on any atom is -0.0606 e. The summed E-state index contributed by atoms with van der Waals surface area (Å²) in [4.78, 5) is 0. The van der Waals surface area contributed by atoms with Gasteiger partial charge in [-0.2, -0.15) is 0 Å². The largest absolute Gasteiger partial charge is 0.672 e. The van der Waals surface area contributed by atoms with Gasteiger partial charge in [0, 0.05) is 0 Å². The van der Waals surface area contributed by atoms with E-state index in [1.165, 1.54) is 0 Å². The van der Waals surface area contributed by atoms with Crippen LogP contribution in [0.25, 0.3) is 22.9 Å². The van der Waals surface area contributed by atoms with Crippen LogP contribution in [0.3, 0.4) is 0 Å². The molecule has 0 aliphatic carbocycles. The van der Waals surface area contributed by atoms with Crippen molar-refractivity contribution < 1.29 is 12.9 Å². The first-order chi connectivity index (χ1) is 17.0. The molecule has 4 aromatic carbocycles. The zero-order valence-corrected chi connectivity index (χ0v) is 21.5. The summed E-state index contributed by atoms with van der Waals surface area (Å²) in [5.41, 5.74) is 35.9. The van der Waals surface area contributed by atoms with Gasteiger partial charge in [-0.15, -0.1) is 24.2 Å². The minimum atomic E-state index is -0.524. The Morgan fingerprint density at radius 2 is 0.514 bits per heavy atom. The topological polar surface area (TPSA) is 95.2 Å². The molecule has 0 aromatic heterocycles. The molecule has 0 saturated carbocycles. The average molecular weight is 550 g/mol. The van der Waals surface area contributed by atoms with Crippen molar-refractivity contribution in [3.8, 4) is 0 Å². The van der Waals surface area contributed by atoms with Gasteiger partial charge in [0.25, 0.3) is 0 Å². The summed E-state index contributed by atoms with van der Waals surface area (Å²) in [6.07, 6.45) is 0. The monoisotopic (exact) mass is 549 g/mol. The van der Waals surface area contributed by atoms with Crippen LogP contribution in [0.15, 0.2) is 121 Å². The summed E-state index contributed by atoms with van der Waals surface area (Å²) in [6.45, 7) is 0. The summed E-state index contributed by atoms with van der Waals surface area (Å²) in [5.74, 6) is 0. The third kappa shape index (κ3) is 9.76. The van der Waals surface area contributed by atoms with Crippen LogP contribution in [0.1, 0.15) is 46.4 Å². The molecule has 0 heterocycles. The van der Waals surface area contributed by atoms with Gasteiger partial charge >= 0.3 is 33.2 Å². The van der Waals surface area contributed by atoms with Crippen molar-refractivity contribution in [2.75, 3.05) is 0 Å². The molecular formula is C28H28Cl2CoN4-4. The number of benzene rings is 4. The van der Waals surface area contributed by atoms with Crippen LogP contribution in [0, 0.1) is 0 Å². The molecule has 4 N–H and O–H groups in total. The number of hydrogen-bond acceptors (Lipinski definition) is 0. The third-order valence-electron chi connectivity index (χ3n) is 5.30. The molecule has 0 aliphatic rings. The van der Waals surface area contributed by atoms with E-state index in [1.807, 2.05) is 121 Å². The smallest absolute Gasteiger partial charge is 0.0606 e. The van der Waals surface area contributed by atoms with Gasteiger partial charge in [0.05, 0.1) is 0 Å². The van der Waals surface area contributed by atoms with Gasteiger partial charge < -0.3 is 22.9 Å². The summed E-state index contributed by atoms with van der Waals surface area (Å²) in [5, 5.41) is 0. The molecule has 0 bridgehead atoms. The van der Waals surface area contributed by atoms with Crippen LogP contribution in [0.4, 0.5) is 0 Å². The van der Waals surface area contributed by atoms with Gasteiger partial charge in [-0.25, -0.2) is 0 Å². The van der Waals surface area contributed by atoms with Gasteiger partial charge in [0.15, 0.2) is 0 Å². The fourth-order valence-electron chi connectivity index (χ4n) is 3.41. The van der Waals surface area contributed by atoms with Crippen molar-refractivity contribution in [1.29, 1.82) is 0 Å². The van der Waals surface area contributed by atoms with Gasteiger partial charge in [0.2, 0.25) is 0 Å². The van der Waals surface area contributed by atoms with E-state index in [4.69, 9.17) is 43.2 Å². The summed E-state index contributed by atoms with van der Waals surface area (Å²) < 4.78 is 0. The summed E-state index contributed by atoms with van der Waals surface area (Å²) in [6, 6.07) is 36.1. The maximum absolute atomic E-state index is 8.07. The van der Waals surface area contributed by atoms with Gasteiger partial charge in [-0.05, 0) is 0 Å². The molecular weight excluding hydrogens is 522 g/mol. The van der Waals surface area contributed by atoms with E-state index < -0.39 is 24.2 Å². The van der Waals surface area contributed by atoms with Crippen molar-refractivity contribution in [1.82, 2.24) is 0 Å². The first-order valence-electron chi connectivity index (χ1n) is 10.9. The van der Waals surface area contributed by atoms with Crippen molar-refractivity contribution >= 4 is 20.3 Å². The van der Waals surface area contributed by atoms with Crippen molar-refractivity contribution in [2.24, 2.45) is 0 Å². The fraction of sp³-hybridized carbons (Fsp3) is 0.143. The van der Waals surface area contributed by atoms with Crippen LogP contribution in [0.5, 0.6) is 0 Å². The van der Waals surface area contributed by atoms with E-state index in [9.17, 15) is 0 Å². The molecule has 0 saturated heterocycles. The minimum absolute atomic E-state index is 0.382. The third-order valence-corrected chi connectivity index (χ3v) is 5.30. The average Bonchev–Trinajstić information content (AvgIpc) is 2.94. The first-order valence-corrected chi connectivity index (χ1v) is 13.7.